The van der Waals surface area contributed by atoms with Crippen molar-refractivity contribution in [3.8, 4) is 0 Å². The Kier molecular flexibility index (Phi) is 2.80. The van der Waals surface area contributed by atoms with Gasteiger partial charge in [-0.25, -0.2) is 0 Å². The maximum absolute atomic E-state index is 11.4. The van der Waals surface area contributed by atoms with Gasteiger partial charge in [-0.3, -0.25) is 4.79 Å². The Morgan fingerprint density at radius 3 is 2.42 bits per heavy atom. The number of nitrogens with one attached hydrogen (secondary N) is 1. The number of benzene rings is 2. The maximum Gasteiger partial charge on any atom is 0.154 e. The molecule has 0 unspecified atom stereocenters. The third kappa shape index (κ3) is 1.89. The number of aldehydes is 1. The molecule has 0 saturated heterocycles. The average Bonchev–Trinajstić information content (AvgIpc) is 2.85. The number of H-pyrrole nitrogens is 1. The molecular formula is C16H14N2O. The number of aromatic amines is 1. The molecule has 1 aromatic heterocycles. The molecular weight excluding hydrogens is 236 g/mol. The monoisotopic (exact) mass is 250 g/mol. The first kappa shape index (κ1) is 11.5. The van der Waals surface area contributed by atoms with Gasteiger partial charge in [-0.05, 0) is 18.2 Å². The molecule has 3 heteroatoms. The summed E-state index contributed by atoms with van der Waals surface area (Å²) < 4.78 is 0. The first-order valence-electron chi connectivity index (χ1n) is 6.16. The normalized spacial score (nSPS) is 10.6. The fourth-order valence-corrected chi connectivity index (χ4v) is 2.31. The second kappa shape index (κ2) is 4.61. The molecule has 94 valence electrons. The summed E-state index contributed by atoms with van der Waals surface area (Å²) in [5.74, 6) is 0.822. The van der Waals surface area contributed by atoms with Crippen LogP contribution < -0.4 is 4.90 Å². The summed E-state index contributed by atoms with van der Waals surface area (Å²) >= 11 is 0. The first-order valence-corrected chi connectivity index (χ1v) is 6.16. The summed E-state index contributed by atoms with van der Waals surface area (Å²) in [6, 6.07) is 17.8. The second-order valence-corrected chi connectivity index (χ2v) is 4.45. The molecule has 3 aromatic rings. The highest BCUT2D eigenvalue weighted by Crippen LogP contribution is 2.30. The van der Waals surface area contributed by atoms with Crippen molar-refractivity contribution < 1.29 is 4.79 Å². The largest absolute Gasteiger partial charge is 0.341 e. The minimum Gasteiger partial charge on any atom is -0.341 e. The Bertz CT molecular complexity index is 716. The highest BCUT2D eigenvalue weighted by molar-refractivity contribution is 6.04. The van der Waals surface area contributed by atoms with Crippen LogP contribution in [0.3, 0.4) is 0 Å². The van der Waals surface area contributed by atoms with Gasteiger partial charge in [0.15, 0.2) is 6.29 Å². The number of anilines is 2. The summed E-state index contributed by atoms with van der Waals surface area (Å²) in [5.41, 5.74) is 2.71. The van der Waals surface area contributed by atoms with Gasteiger partial charge in [0, 0.05) is 23.6 Å². The zero-order chi connectivity index (χ0) is 13.2. The van der Waals surface area contributed by atoms with E-state index >= 15 is 0 Å². The van der Waals surface area contributed by atoms with E-state index in [0.29, 0.717) is 5.56 Å². The van der Waals surface area contributed by atoms with Crippen LogP contribution >= 0.6 is 0 Å². The van der Waals surface area contributed by atoms with Crippen LogP contribution in [0.2, 0.25) is 0 Å². The molecule has 1 N–H and O–H groups in total. The van der Waals surface area contributed by atoms with Crippen molar-refractivity contribution in [2.75, 3.05) is 11.9 Å². The summed E-state index contributed by atoms with van der Waals surface area (Å²) in [5, 5.41) is 0.954. The third-order valence-electron chi connectivity index (χ3n) is 3.32. The molecule has 0 amide bonds. The fourth-order valence-electron chi connectivity index (χ4n) is 2.31. The molecule has 0 aliphatic carbocycles. The lowest BCUT2D eigenvalue weighted by atomic mass is 10.2. The SMILES string of the molecule is CN(c1ccccc1)c1[nH]c2ccccc2c1C=O. The van der Waals surface area contributed by atoms with Gasteiger partial charge < -0.3 is 9.88 Å². The maximum atomic E-state index is 11.4. The lowest BCUT2D eigenvalue weighted by Gasteiger charge is -2.18. The van der Waals surface area contributed by atoms with Crippen LogP contribution in [-0.2, 0) is 0 Å². The van der Waals surface area contributed by atoms with Gasteiger partial charge in [-0.15, -0.1) is 0 Å². The van der Waals surface area contributed by atoms with Gasteiger partial charge >= 0.3 is 0 Å². The highest BCUT2D eigenvalue weighted by atomic mass is 16.1. The highest BCUT2D eigenvalue weighted by Gasteiger charge is 2.14. The van der Waals surface area contributed by atoms with E-state index in [1.807, 2.05) is 66.5 Å². The summed E-state index contributed by atoms with van der Waals surface area (Å²) in [6.45, 7) is 0. The number of aromatic nitrogens is 1. The molecule has 0 bridgehead atoms. The van der Waals surface area contributed by atoms with E-state index in [2.05, 4.69) is 4.98 Å². The minimum absolute atomic E-state index is 0.696. The topological polar surface area (TPSA) is 36.1 Å². The minimum atomic E-state index is 0.696. The number of para-hydroxylation sites is 2. The summed E-state index contributed by atoms with van der Waals surface area (Å²) in [7, 11) is 1.95. The van der Waals surface area contributed by atoms with Gasteiger partial charge in [-0.2, -0.15) is 0 Å². The molecule has 19 heavy (non-hydrogen) atoms. The van der Waals surface area contributed by atoms with E-state index in [1.54, 1.807) is 0 Å². The number of hydrogen-bond acceptors (Lipinski definition) is 2. The van der Waals surface area contributed by atoms with E-state index in [0.717, 1.165) is 28.7 Å². The lowest BCUT2D eigenvalue weighted by molar-refractivity contribution is 0.112. The van der Waals surface area contributed by atoms with Crippen molar-refractivity contribution in [3.05, 3.63) is 60.2 Å². The Morgan fingerprint density at radius 1 is 1.00 bits per heavy atom. The lowest BCUT2D eigenvalue weighted by Crippen LogP contribution is -2.11. The quantitative estimate of drug-likeness (QED) is 0.719. The van der Waals surface area contributed by atoms with E-state index in [4.69, 9.17) is 0 Å². The molecule has 0 spiro atoms. The van der Waals surface area contributed by atoms with Gasteiger partial charge in [0.1, 0.15) is 5.82 Å². The molecule has 3 rings (SSSR count). The van der Waals surface area contributed by atoms with Crippen LogP contribution in [0.25, 0.3) is 10.9 Å². The molecule has 1 heterocycles. The molecule has 3 nitrogen and oxygen atoms in total. The van der Waals surface area contributed by atoms with Crippen LogP contribution in [0.1, 0.15) is 10.4 Å². The smallest absolute Gasteiger partial charge is 0.154 e. The van der Waals surface area contributed by atoms with E-state index in [9.17, 15) is 4.79 Å². The van der Waals surface area contributed by atoms with Crippen molar-refractivity contribution in [2.45, 2.75) is 0 Å². The van der Waals surface area contributed by atoms with Gasteiger partial charge in [0.25, 0.3) is 0 Å². The average molecular weight is 250 g/mol. The third-order valence-corrected chi connectivity index (χ3v) is 3.32. The van der Waals surface area contributed by atoms with Crippen molar-refractivity contribution in [2.24, 2.45) is 0 Å². The molecule has 0 saturated carbocycles. The van der Waals surface area contributed by atoms with Gasteiger partial charge in [-0.1, -0.05) is 36.4 Å². The van der Waals surface area contributed by atoms with E-state index in [1.165, 1.54) is 0 Å². The number of hydrogen-bond donors (Lipinski definition) is 1. The Morgan fingerprint density at radius 2 is 1.68 bits per heavy atom. The van der Waals surface area contributed by atoms with Crippen LogP contribution in [-0.4, -0.2) is 18.3 Å². The van der Waals surface area contributed by atoms with Crippen LogP contribution in [0, 0.1) is 0 Å². The van der Waals surface area contributed by atoms with Crippen LogP contribution in [0.4, 0.5) is 11.5 Å². The van der Waals surface area contributed by atoms with Crippen LogP contribution in [0.15, 0.2) is 54.6 Å². The second-order valence-electron chi connectivity index (χ2n) is 4.45. The molecule has 2 aromatic carbocycles. The Labute approximate surface area is 111 Å². The van der Waals surface area contributed by atoms with E-state index in [-0.39, 0.29) is 0 Å². The molecule has 0 aliphatic rings. The molecule has 0 aliphatic heterocycles. The van der Waals surface area contributed by atoms with Crippen molar-refractivity contribution in [3.63, 3.8) is 0 Å². The standard InChI is InChI=1S/C16H14N2O/c1-18(12-7-3-2-4-8-12)16-14(11-19)13-9-5-6-10-15(13)17-16/h2-11,17H,1H3. The van der Waals surface area contributed by atoms with Gasteiger partial charge in [0.2, 0.25) is 0 Å². The predicted octanol–water partition coefficient (Wildman–Crippen LogP) is 3.75. The number of carbonyl (C=O) groups excluding carboxylic acids is 1. The Balaban J connectivity index is 2.17. The number of carbonyl (C=O) groups is 1. The van der Waals surface area contributed by atoms with Crippen molar-refractivity contribution in [1.82, 2.24) is 4.98 Å². The van der Waals surface area contributed by atoms with E-state index < -0.39 is 0 Å². The van der Waals surface area contributed by atoms with Crippen molar-refractivity contribution in [1.29, 1.82) is 0 Å². The first-order chi connectivity index (χ1) is 9.31. The molecule has 0 atom stereocenters. The Hall–Kier alpha value is -2.55. The van der Waals surface area contributed by atoms with Crippen molar-refractivity contribution >= 4 is 28.7 Å². The van der Waals surface area contributed by atoms with Gasteiger partial charge in [0.05, 0.1) is 5.56 Å². The summed E-state index contributed by atoms with van der Waals surface area (Å²) in [6.07, 6.45) is 0.910. The van der Waals surface area contributed by atoms with Crippen LogP contribution in [0.5, 0.6) is 0 Å². The predicted molar refractivity (Wildman–Crippen MR) is 78.2 cm³/mol. The zero-order valence-corrected chi connectivity index (χ0v) is 10.6. The number of nitrogens with zero attached hydrogens (tertiary/aromatic N) is 1. The fraction of sp³-hybridized carbons (Fsp3) is 0.0625. The number of rotatable bonds is 3. The number of fused-ring (bicyclic) bond motifs is 1. The zero-order valence-electron chi connectivity index (χ0n) is 10.6. The summed E-state index contributed by atoms with van der Waals surface area (Å²) in [4.78, 5) is 16.7. The molecule has 0 fully saturated rings. The molecule has 0 radical (unpaired) electrons.